The van der Waals surface area contributed by atoms with Crippen molar-refractivity contribution in [1.82, 2.24) is 0 Å². The first-order valence-electron chi connectivity index (χ1n) is 6.81. The second kappa shape index (κ2) is 7.12. The molecule has 0 saturated heterocycles. The Labute approximate surface area is 132 Å². The highest BCUT2D eigenvalue weighted by atomic mass is 16.5. The molecule has 8 nitrogen and oxygen atoms in total. The standard InChI is InChI=1S/C15H17NO7/c1-22-12-5-9(2-3-14(20)21)4-11-15(12)23-8-13(19)16(11)6-10(18)7-17/h2-5,10,17-18H,6-8H2,1H3,(H,20,21)/b3-2+. The van der Waals surface area contributed by atoms with E-state index in [1.54, 1.807) is 12.1 Å². The highest BCUT2D eigenvalue weighted by Gasteiger charge is 2.30. The molecule has 1 aliphatic heterocycles. The molecule has 0 bridgehead atoms. The van der Waals surface area contributed by atoms with Crippen molar-refractivity contribution in [3.63, 3.8) is 0 Å². The third kappa shape index (κ3) is 3.79. The number of carbonyl (C=O) groups excluding carboxylic acids is 1. The number of aliphatic carboxylic acids is 1. The largest absolute Gasteiger partial charge is 0.493 e. The van der Waals surface area contributed by atoms with Crippen LogP contribution in [0.4, 0.5) is 5.69 Å². The molecule has 1 heterocycles. The molecule has 1 amide bonds. The second-order valence-corrected chi connectivity index (χ2v) is 4.87. The van der Waals surface area contributed by atoms with E-state index in [0.717, 1.165) is 6.08 Å². The van der Waals surface area contributed by atoms with Gasteiger partial charge in [-0.2, -0.15) is 0 Å². The van der Waals surface area contributed by atoms with Crippen LogP contribution in [0.5, 0.6) is 11.5 Å². The van der Waals surface area contributed by atoms with Crippen LogP contribution in [0.3, 0.4) is 0 Å². The van der Waals surface area contributed by atoms with Crippen LogP contribution in [0, 0.1) is 0 Å². The summed E-state index contributed by atoms with van der Waals surface area (Å²) in [6.45, 7) is -0.817. The van der Waals surface area contributed by atoms with Crippen LogP contribution in [-0.2, 0) is 9.59 Å². The molecule has 3 N–H and O–H groups in total. The fourth-order valence-electron chi connectivity index (χ4n) is 2.18. The van der Waals surface area contributed by atoms with Gasteiger partial charge in [0.25, 0.3) is 5.91 Å². The molecule has 124 valence electrons. The van der Waals surface area contributed by atoms with E-state index in [9.17, 15) is 14.7 Å². The van der Waals surface area contributed by atoms with E-state index in [2.05, 4.69) is 0 Å². The van der Waals surface area contributed by atoms with Gasteiger partial charge in [-0.1, -0.05) is 0 Å². The number of amides is 1. The number of hydrogen-bond acceptors (Lipinski definition) is 6. The Morgan fingerprint density at radius 1 is 1.52 bits per heavy atom. The predicted molar refractivity (Wildman–Crippen MR) is 80.6 cm³/mol. The summed E-state index contributed by atoms with van der Waals surface area (Å²) in [5.41, 5.74) is 0.836. The molecule has 0 spiro atoms. The molecule has 1 aromatic rings. The molecular formula is C15H17NO7. The number of carboxylic acids is 1. The number of anilines is 1. The third-order valence-corrected chi connectivity index (χ3v) is 3.23. The molecule has 0 aromatic heterocycles. The molecular weight excluding hydrogens is 306 g/mol. The normalized spacial score (nSPS) is 15.3. The van der Waals surface area contributed by atoms with Crippen LogP contribution in [0.15, 0.2) is 18.2 Å². The number of aliphatic hydroxyl groups excluding tert-OH is 2. The van der Waals surface area contributed by atoms with Crippen LogP contribution in [0.1, 0.15) is 5.56 Å². The molecule has 2 rings (SSSR count). The first kappa shape index (κ1) is 16.8. The van der Waals surface area contributed by atoms with Gasteiger partial charge in [0.05, 0.1) is 32.1 Å². The number of hydrogen-bond donors (Lipinski definition) is 3. The van der Waals surface area contributed by atoms with Gasteiger partial charge in [0.2, 0.25) is 0 Å². The van der Waals surface area contributed by atoms with Gasteiger partial charge in [-0.25, -0.2) is 4.79 Å². The van der Waals surface area contributed by atoms with Crippen molar-refractivity contribution in [2.45, 2.75) is 6.10 Å². The Hall–Kier alpha value is -2.58. The maximum absolute atomic E-state index is 12.0. The molecule has 0 fully saturated rings. The van der Waals surface area contributed by atoms with Gasteiger partial charge in [-0.15, -0.1) is 0 Å². The fourth-order valence-corrected chi connectivity index (χ4v) is 2.18. The van der Waals surface area contributed by atoms with E-state index >= 15 is 0 Å². The van der Waals surface area contributed by atoms with Gasteiger partial charge in [0.1, 0.15) is 0 Å². The highest BCUT2D eigenvalue weighted by Crippen LogP contribution is 2.41. The lowest BCUT2D eigenvalue weighted by atomic mass is 10.1. The zero-order chi connectivity index (χ0) is 17.0. The van der Waals surface area contributed by atoms with Crippen molar-refractivity contribution in [2.24, 2.45) is 0 Å². The summed E-state index contributed by atoms with van der Waals surface area (Å²) in [5, 5.41) is 27.3. The zero-order valence-corrected chi connectivity index (χ0v) is 12.4. The van der Waals surface area contributed by atoms with Crippen molar-refractivity contribution in [1.29, 1.82) is 0 Å². The summed E-state index contributed by atoms with van der Waals surface area (Å²) in [6, 6.07) is 3.13. The number of carbonyl (C=O) groups is 2. The number of rotatable bonds is 6. The molecule has 23 heavy (non-hydrogen) atoms. The molecule has 1 atom stereocenters. The van der Waals surface area contributed by atoms with Crippen LogP contribution in [0.2, 0.25) is 0 Å². The van der Waals surface area contributed by atoms with Gasteiger partial charge >= 0.3 is 5.97 Å². The molecule has 1 aliphatic rings. The fraction of sp³-hybridized carbons (Fsp3) is 0.333. The Balaban J connectivity index is 2.48. The minimum Gasteiger partial charge on any atom is -0.493 e. The molecule has 0 radical (unpaired) electrons. The maximum atomic E-state index is 12.0. The van der Waals surface area contributed by atoms with E-state index in [1.807, 2.05) is 0 Å². The number of β-amino-alcohol motifs (C(OH)–C–C–N with tert-alkyl or cyclic N) is 1. The lowest BCUT2D eigenvalue weighted by Gasteiger charge is -2.31. The summed E-state index contributed by atoms with van der Waals surface area (Å²) in [4.78, 5) is 24.0. The van der Waals surface area contributed by atoms with Gasteiger partial charge in [0.15, 0.2) is 18.1 Å². The van der Waals surface area contributed by atoms with Crippen molar-refractivity contribution >= 4 is 23.6 Å². The SMILES string of the molecule is COc1cc(/C=C/C(=O)O)cc2c1OCC(=O)N2CC(O)CO. The van der Waals surface area contributed by atoms with Crippen LogP contribution in [-0.4, -0.2) is 60.2 Å². The van der Waals surface area contributed by atoms with Gasteiger partial charge in [-0.05, 0) is 23.8 Å². The number of fused-ring (bicyclic) bond motifs is 1. The minimum atomic E-state index is -1.11. The first-order valence-corrected chi connectivity index (χ1v) is 6.81. The summed E-state index contributed by atoms with van der Waals surface area (Å²) in [7, 11) is 1.42. The second-order valence-electron chi connectivity index (χ2n) is 4.87. The summed E-state index contributed by atoms with van der Waals surface area (Å²) in [5.74, 6) is -0.832. The van der Waals surface area contributed by atoms with Gasteiger partial charge < -0.3 is 29.7 Å². The lowest BCUT2D eigenvalue weighted by molar-refractivity contribution is -0.131. The van der Waals surface area contributed by atoms with E-state index in [0.29, 0.717) is 22.7 Å². The Bertz CT molecular complexity index is 641. The first-order chi connectivity index (χ1) is 11.0. The summed E-state index contributed by atoms with van der Waals surface area (Å²) >= 11 is 0. The molecule has 1 unspecified atom stereocenters. The predicted octanol–water partition coefficient (Wildman–Crippen LogP) is -0.128. The minimum absolute atomic E-state index is 0.110. The number of benzene rings is 1. The number of aliphatic hydroxyl groups is 2. The van der Waals surface area contributed by atoms with E-state index in [1.165, 1.54) is 18.1 Å². The Morgan fingerprint density at radius 3 is 2.87 bits per heavy atom. The summed E-state index contributed by atoms with van der Waals surface area (Å²) in [6.07, 6.45) is 1.21. The average molecular weight is 323 g/mol. The maximum Gasteiger partial charge on any atom is 0.328 e. The molecule has 0 aliphatic carbocycles. The molecule has 1 aromatic carbocycles. The van der Waals surface area contributed by atoms with Crippen molar-refractivity contribution in [3.05, 3.63) is 23.8 Å². The number of methoxy groups -OCH3 is 1. The van der Waals surface area contributed by atoms with E-state index in [4.69, 9.17) is 19.7 Å². The average Bonchev–Trinajstić information content (AvgIpc) is 2.54. The Kier molecular flexibility index (Phi) is 5.20. The van der Waals surface area contributed by atoms with Crippen molar-refractivity contribution in [2.75, 3.05) is 31.8 Å². The monoisotopic (exact) mass is 323 g/mol. The van der Waals surface area contributed by atoms with Crippen LogP contribution < -0.4 is 14.4 Å². The number of ether oxygens (including phenoxy) is 2. The topological polar surface area (TPSA) is 117 Å². The van der Waals surface area contributed by atoms with E-state index < -0.39 is 18.7 Å². The zero-order valence-electron chi connectivity index (χ0n) is 12.4. The van der Waals surface area contributed by atoms with E-state index in [-0.39, 0.29) is 19.1 Å². The van der Waals surface area contributed by atoms with Gasteiger partial charge in [-0.3, -0.25) is 4.79 Å². The Morgan fingerprint density at radius 2 is 2.26 bits per heavy atom. The quantitative estimate of drug-likeness (QED) is 0.624. The lowest BCUT2D eigenvalue weighted by Crippen LogP contribution is -2.44. The van der Waals surface area contributed by atoms with Crippen LogP contribution >= 0.6 is 0 Å². The van der Waals surface area contributed by atoms with Crippen molar-refractivity contribution in [3.8, 4) is 11.5 Å². The third-order valence-electron chi connectivity index (χ3n) is 3.23. The van der Waals surface area contributed by atoms with Crippen molar-refractivity contribution < 1.29 is 34.4 Å². The summed E-state index contributed by atoms with van der Waals surface area (Å²) < 4.78 is 10.6. The van der Waals surface area contributed by atoms with Crippen LogP contribution in [0.25, 0.3) is 6.08 Å². The number of nitrogens with zero attached hydrogens (tertiary/aromatic N) is 1. The number of carboxylic acid groups (broad SMARTS) is 1. The van der Waals surface area contributed by atoms with Gasteiger partial charge in [0, 0.05) is 6.08 Å². The highest BCUT2D eigenvalue weighted by molar-refractivity contribution is 5.99. The molecule has 8 heteroatoms. The molecule has 0 saturated carbocycles. The smallest absolute Gasteiger partial charge is 0.328 e.